The number of aromatic hydroxyl groups is 1. The van der Waals surface area contributed by atoms with Crippen molar-refractivity contribution in [1.82, 2.24) is 0 Å². The number of benzene rings is 2. The maximum absolute atomic E-state index is 10.9. The van der Waals surface area contributed by atoms with Gasteiger partial charge in [0.05, 0.1) is 16.4 Å². The third kappa shape index (κ3) is 4.64. The Hall–Kier alpha value is -3.20. The minimum Gasteiger partial charge on any atom is -0.502 e. The number of hydrogen-bond donors (Lipinski definition) is 2. The van der Waals surface area contributed by atoms with Crippen LogP contribution in [0.2, 0.25) is 5.02 Å². The fourth-order valence-corrected chi connectivity index (χ4v) is 2.26. The minimum absolute atomic E-state index is 0.0467. The molecule has 25 heavy (non-hydrogen) atoms. The third-order valence-corrected chi connectivity index (χ3v) is 3.39. The van der Waals surface area contributed by atoms with Crippen LogP contribution in [0.4, 0.5) is 17.1 Å². The number of aliphatic imine (C=N–C) groups is 1. The van der Waals surface area contributed by atoms with Gasteiger partial charge in [-0.1, -0.05) is 23.7 Å². The van der Waals surface area contributed by atoms with E-state index in [1.54, 1.807) is 18.2 Å². The maximum atomic E-state index is 10.9. The van der Waals surface area contributed by atoms with Crippen molar-refractivity contribution < 1.29 is 15.0 Å². The van der Waals surface area contributed by atoms with Gasteiger partial charge in [0.1, 0.15) is 5.69 Å². The predicted octanol–water partition coefficient (Wildman–Crippen LogP) is 3.39. The van der Waals surface area contributed by atoms with Gasteiger partial charge in [-0.15, -0.1) is 0 Å². The lowest BCUT2D eigenvalue weighted by Crippen LogP contribution is -2.07. The topological polar surface area (TPSA) is 131 Å². The Bertz CT molecular complexity index is 841. The first-order chi connectivity index (χ1) is 11.9. The van der Waals surface area contributed by atoms with Gasteiger partial charge in [-0.05, 0) is 12.1 Å². The average Bonchev–Trinajstić information content (AvgIpc) is 2.57. The number of nitrogens with zero attached hydrogens (tertiary/aromatic N) is 3. The van der Waals surface area contributed by atoms with Gasteiger partial charge in [-0.25, -0.2) is 0 Å². The van der Waals surface area contributed by atoms with Crippen molar-refractivity contribution in [2.75, 3.05) is 18.4 Å². The van der Waals surface area contributed by atoms with Crippen molar-refractivity contribution in [2.24, 2.45) is 4.99 Å². The Balaban J connectivity index is 2.01. The van der Waals surface area contributed by atoms with Crippen LogP contribution in [0.5, 0.6) is 5.75 Å². The molecule has 2 aromatic rings. The molecule has 0 aromatic heterocycles. The summed E-state index contributed by atoms with van der Waals surface area (Å²) in [6, 6.07) is 8.59. The zero-order valence-electron chi connectivity index (χ0n) is 12.8. The van der Waals surface area contributed by atoms with E-state index in [-0.39, 0.29) is 22.8 Å². The number of para-hydroxylation sites is 2. The highest BCUT2D eigenvalue weighted by atomic mass is 35.5. The van der Waals surface area contributed by atoms with E-state index in [1.807, 2.05) is 0 Å². The van der Waals surface area contributed by atoms with Crippen molar-refractivity contribution in [3.8, 4) is 5.75 Å². The normalized spacial score (nSPS) is 10.8. The van der Waals surface area contributed by atoms with E-state index in [0.717, 1.165) is 6.07 Å². The quantitative estimate of drug-likeness (QED) is 0.335. The zero-order chi connectivity index (χ0) is 18.4. The van der Waals surface area contributed by atoms with E-state index in [1.165, 1.54) is 18.3 Å². The molecular weight excluding hydrogens is 352 g/mol. The Labute approximate surface area is 146 Å². The van der Waals surface area contributed by atoms with E-state index in [2.05, 4.69) is 10.3 Å². The van der Waals surface area contributed by atoms with E-state index >= 15 is 0 Å². The first-order valence-electron chi connectivity index (χ1n) is 7.04. The second-order valence-corrected chi connectivity index (χ2v) is 5.29. The average molecular weight is 365 g/mol. The summed E-state index contributed by atoms with van der Waals surface area (Å²) in [6.07, 6.45) is 1.26. The number of nitrogens with one attached hydrogen (secondary N) is 1. The third-order valence-electron chi connectivity index (χ3n) is 3.17. The second kappa shape index (κ2) is 8.06. The molecule has 0 aliphatic carbocycles. The smallest absolute Gasteiger partial charge is 0.312 e. The molecule has 0 aliphatic rings. The number of phenols is 1. The van der Waals surface area contributed by atoms with Crippen LogP contribution in [0.1, 0.15) is 5.56 Å². The van der Waals surface area contributed by atoms with Gasteiger partial charge in [0.25, 0.3) is 5.69 Å². The van der Waals surface area contributed by atoms with Gasteiger partial charge in [-0.3, -0.25) is 25.2 Å². The van der Waals surface area contributed by atoms with Gasteiger partial charge in [0, 0.05) is 35.5 Å². The van der Waals surface area contributed by atoms with E-state index < -0.39 is 21.3 Å². The number of halogens is 1. The summed E-state index contributed by atoms with van der Waals surface area (Å²) < 4.78 is 0. The van der Waals surface area contributed by atoms with Crippen LogP contribution in [0.15, 0.2) is 41.4 Å². The van der Waals surface area contributed by atoms with Crippen LogP contribution < -0.4 is 5.32 Å². The molecular formula is C15H13ClN4O5. The molecule has 2 N–H and O–H groups in total. The molecule has 0 heterocycles. The number of hydrogen-bond acceptors (Lipinski definition) is 7. The minimum atomic E-state index is -0.741. The highest BCUT2D eigenvalue weighted by Crippen LogP contribution is 2.32. The monoisotopic (exact) mass is 364 g/mol. The summed E-state index contributed by atoms with van der Waals surface area (Å²) in [5, 5.41) is 34.5. The predicted molar refractivity (Wildman–Crippen MR) is 93.8 cm³/mol. The lowest BCUT2D eigenvalue weighted by Gasteiger charge is -2.05. The fourth-order valence-electron chi connectivity index (χ4n) is 2.04. The van der Waals surface area contributed by atoms with Crippen LogP contribution in [0.25, 0.3) is 0 Å². The molecule has 0 spiro atoms. The molecule has 10 heteroatoms. The Kier molecular flexibility index (Phi) is 5.85. The van der Waals surface area contributed by atoms with Crippen molar-refractivity contribution in [1.29, 1.82) is 0 Å². The number of phenolic OH excluding ortho intramolecular Hbond substituents is 1. The molecule has 0 amide bonds. The number of nitro benzene ring substituents is 2. The number of rotatable bonds is 7. The summed E-state index contributed by atoms with van der Waals surface area (Å²) in [6.45, 7) is 0.524. The van der Waals surface area contributed by atoms with Gasteiger partial charge in [-0.2, -0.15) is 0 Å². The molecule has 9 nitrogen and oxygen atoms in total. The first-order valence-corrected chi connectivity index (χ1v) is 7.42. The molecule has 0 radical (unpaired) electrons. The fraction of sp³-hybridized carbons (Fsp3) is 0.133. The Morgan fingerprint density at radius 2 is 1.84 bits per heavy atom. The van der Waals surface area contributed by atoms with Crippen LogP contribution >= 0.6 is 11.6 Å². The number of nitro groups is 2. The molecule has 2 rings (SSSR count). The van der Waals surface area contributed by atoms with Crippen LogP contribution in [-0.2, 0) is 0 Å². The number of anilines is 1. The summed E-state index contributed by atoms with van der Waals surface area (Å²) >= 11 is 5.78. The Morgan fingerprint density at radius 1 is 1.16 bits per heavy atom. The Morgan fingerprint density at radius 3 is 2.52 bits per heavy atom. The molecule has 2 aromatic carbocycles. The first kappa shape index (κ1) is 18.1. The second-order valence-electron chi connectivity index (χ2n) is 4.86. The summed E-state index contributed by atoms with van der Waals surface area (Å²) in [7, 11) is 0. The molecule has 0 saturated heterocycles. The molecule has 0 aliphatic heterocycles. The van der Waals surface area contributed by atoms with Crippen LogP contribution in [0.3, 0.4) is 0 Å². The van der Waals surface area contributed by atoms with Gasteiger partial charge in [0.2, 0.25) is 5.75 Å². The molecule has 0 atom stereocenters. The highest BCUT2D eigenvalue weighted by Gasteiger charge is 2.17. The lowest BCUT2D eigenvalue weighted by atomic mass is 10.2. The van der Waals surface area contributed by atoms with E-state index in [4.69, 9.17) is 11.6 Å². The van der Waals surface area contributed by atoms with Crippen molar-refractivity contribution >= 4 is 34.9 Å². The summed E-state index contributed by atoms with van der Waals surface area (Å²) in [5.41, 5.74) is -0.0737. The standard InChI is InChI=1S/C15H13ClN4O5/c16-11-7-10(15(21)14(8-11)20(24)25)9-17-5-6-18-12-3-1-2-4-13(12)19(22)23/h1-4,7-9,18,21H,5-6H2. The van der Waals surface area contributed by atoms with E-state index in [0.29, 0.717) is 12.2 Å². The zero-order valence-corrected chi connectivity index (χ0v) is 13.5. The van der Waals surface area contributed by atoms with Gasteiger partial charge < -0.3 is 10.4 Å². The maximum Gasteiger partial charge on any atom is 0.312 e. The molecule has 0 saturated carbocycles. The lowest BCUT2D eigenvalue weighted by molar-refractivity contribution is -0.385. The van der Waals surface area contributed by atoms with Crippen LogP contribution in [0, 0.1) is 20.2 Å². The largest absolute Gasteiger partial charge is 0.502 e. The van der Waals surface area contributed by atoms with E-state index in [9.17, 15) is 25.3 Å². The SMILES string of the molecule is O=[N+]([O-])c1ccccc1NCCN=Cc1cc(Cl)cc([N+](=O)[O-])c1O. The van der Waals surface area contributed by atoms with Crippen molar-refractivity contribution in [3.63, 3.8) is 0 Å². The molecule has 0 fully saturated rings. The van der Waals surface area contributed by atoms with Gasteiger partial charge in [0.15, 0.2) is 0 Å². The highest BCUT2D eigenvalue weighted by molar-refractivity contribution is 6.31. The molecule has 0 bridgehead atoms. The van der Waals surface area contributed by atoms with Crippen molar-refractivity contribution in [2.45, 2.75) is 0 Å². The van der Waals surface area contributed by atoms with Gasteiger partial charge >= 0.3 is 5.69 Å². The molecule has 130 valence electrons. The van der Waals surface area contributed by atoms with Crippen LogP contribution in [-0.4, -0.2) is 34.3 Å². The summed E-state index contributed by atoms with van der Waals surface area (Å²) in [4.78, 5) is 24.5. The molecule has 0 unspecified atom stereocenters. The van der Waals surface area contributed by atoms with Crippen molar-refractivity contribution in [3.05, 3.63) is 67.2 Å². The summed E-state index contributed by atoms with van der Waals surface area (Å²) in [5.74, 6) is -0.523.